The molecule has 112 valence electrons. The number of carbonyl (C=O) groups excluding carboxylic acids is 1. The van der Waals surface area contributed by atoms with E-state index in [0.717, 1.165) is 12.8 Å². The molecule has 1 aliphatic rings. The lowest BCUT2D eigenvalue weighted by Gasteiger charge is -2.46. The molecule has 2 rings (SSSR count). The summed E-state index contributed by atoms with van der Waals surface area (Å²) in [6.45, 7) is 7.68. The minimum Gasteiger partial charge on any atom is -0.354 e. The van der Waals surface area contributed by atoms with Gasteiger partial charge in [0.05, 0.1) is 12.7 Å². The average molecular weight is 279 g/mol. The first-order valence-corrected chi connectivity index (χ1v) is 7.30. The summed E-state index contributed by atoms with van der Waals surface area (Å²) in [4.78, 5) is 12.4. The van der Waals surface area contributed by atoms with Crippen molar-refractivity contribution in [2.24, 2.45) is 23.0 Å². The molecule has 0 bridgehead atoms. The van der Waals surface area contributed by atoms with Crippen LogP contribution in [0.4, 0.5) is 0 Å². The predicted octanol–water partition coefficient (Wildman–Crippen LogP) is 0.794. The summed E-state index contributed by atoms with van der Waals surface area (Å²) in [7, 11) is 0. The molecule has 3 unspecified atom stereocenters. The van der Waals surface area contributed by atoms with Crippen molar-refractivity contribution in [2.45, 2.75) is 46.2 Å². The van der Waals surface area contributed by atoms with Crippen molar-refractivity contribution in [3.63, 3.8) is 0 Å². The third-order valence-corrected chi connectivity index (χ3v) is 4.93. The fourth-order valence-electron chi connectivity index (χ4n) is 3.09. The summed E-state index contributed by atoms with van der Waals surface area (Å²) in [5.41, 5.74) is 6.07. The van der Waals surface area contributed by atoms with Crippen LogP contribution < -0.4 is 11.1 Å². The van der Waals surface area contributed by atoms with Crippen molar-refractivity contribution in [2.75, 3.05) is 6.54 Å². The van der Waals surface area contributed by atoms with Gasteiger partial charge in [0.15, 0.2) is 0 Å². The maximum absolute atomic E-state index is 12.4. The maximum atomic E-state index is 12.4. The van der Waals surface area contributed by atoms with Gasteiger partial charge in [-0.3, -0.25) is 9.48 Å². The fraction of sp³-hybridized carbons (Fsp3) is 0.786. The highest BCUT2D eigenvalue weighted by atomic mass is 16.1. The smallest absolute Gasteiger partial charge is 0.223 e. The quantitative estimate of drug-likeness (QED) is 0.853. The van der Waals surface area contributed by atoms with E-state index < -0.39 is 0 Å². The molecule has 3 atom stereocenters. The zero-order valence-corrected chi connectivity index (χ0v) is 12.5. The molecule has 3 N–H and O–H groups in total. The van der Waals surface area contributed by atoms with Crippen LogP contribution >= 0.6 is 0 Å². The molecular formula is C14H25N5O. The number of nitrogens with two attached hydrogens (primary N) is 1. The second kappa shape index (κ2) is 5.91. The van der Waals surface area contributed by atoms with Crippen LogP contribution in [0.3, 0.4) is 0 Å². The molecule has 1 amide bonds. The lowest BCUT2D eigenvalue weighted by molar-refractivity contribution is -0.132. The van der Waals surface area contributed by atoms with Gasteiger partial charge >= 0.3 is 0 Å². The molecule has 0 radical (unpaired) electrons. The molecule has 1 aliphatic carbocycles. The van der Waals surface area contributed by atoms with Crippen molar-refractivity contribution < 1.29 is 4.79 Å². The number of amides is 1. The van der Waals surface area contributed by atoms with E-state index in [9.17, 15) is 4.79 Å². The summed E-state index contributed by atoms with van der Waals surface area (Å²) in [5, 5.41) is 10.6. The number of nitrogens with one attached hydrogen (secondary N) is 1. The molecule has 0 saturated heterocycles. The van der Waals surface area contributed by atoms with E-state index in [4.69, 9.17) is 5.73 Å². The van der Waals surface area contributed by atoms with Gasteiger partial charge < -0.3 is 11.1 Å². The second-order valence-corrected chi connectivity index (χ2v) is 6.36. The van der Waals surface area contributed by atoms with Crippen LogP contribution in [0.2, 0.25) is 0 Å². The van der Waals surface area contributed by atoms with Crippen molar-refractivity contribution in [3.05, 3.63) is 12.4 Å². The summed E-state index contributed by atoms with van der Waals surface area (Å²) in [6, 6.07) is 0.198. The lowest BCUT2D eigenvalue weighted by Crippen LogP contribution is -2.51. The Balaban J connectivity index is 1.88. The maximum Gasteiger partial charge on any atom is 0.223 e. The largest absolute Gasteiger partial charge is 0.354 e. The third kappa shape index (κ3) is 3.00. The highest BCUT2D eigenvalue weighted by Crippen LogP contribution is 2.44. The molecule has 6 nitrogen and oxygen atoms in total. The molecule has 0 aromatic carbocycles. The summed E-state index contributed by atoms with van der Waals surface area (Å²) >= 11 is 0. The van der Waals surface area contributed by atoms with E-state index in [1.165, 1.54) is 0 Å². The minimum absolute atomic E-state index is 0.0352. The summed E-state index contributed by atoms with van der Waals surface area (Å²) < 4.78 is 1.71. The fourth-order valence-corrected chi connectivity index (χ4v) is 3.09. The van der Waals surface area contributed by atoms with Crippen LogP contribution in [-0.2, 0) is 11.3 Å². The van der Waals surface area contributed by atoms with Gasteiger partial charge in [0.25, 0.3) is 0 Å². The van der Waals surface area contributed by atoms with Gasteiger partial charge in [-0.1, -0.05) is 26.0 Å². The van der Waals surface area contributed by atoms with Gasteiger partial charge in [-0.05, 0) is 24.2 Å². The Kier molecular flexibility index (Phi) is 4.42. The first-order valence-electron chi connectivity index (χ1n) is 7.30. The molecule has 1 saturated carbocycles. The first kappa shape index (κ1) is 15.0. The molecular weight excluding hydrogens is 254 g/mol. The van der Waals surface area contributed by atoms with Crippen molar-refractivity contribution in [1.82, 2.24) is 20.3 Å². The van der Waals surface area contributed by atoms with Gasteiger partial charge in [-0.2, -0.15) is 0 Å². The molecule has 0 spiro atoms. The Morgan fingerprint density at radius 2 is 2.25 bits per heavy atom. The number of carbonyl (C=O) groups is 1. The SMILES string of the molecule is CC1C(N)CCC(C(=O)NCCn2ccnn2)C1(C)C. The Morgan fingerprint density at radius 3 is 2.90 bits per heavy atom. The lowest BCUT2D eigenvalue weighted by atomic mass is 9.61. The van der Waals surface area contributed by atoms with E-state index in [1.807, 2.05) is 0 Å². The van der Waals surface area contributed by atoms with Crippen LogP contribution in [0.5, 0.6) is 0 Å². The van der Waals surface area contributed by atoms with Gasteiger partial charge in [0.2, 0.25) is 5.91 Å². The van der Waals surface area contributed by atoms with Crippen molar-refractivity contribution >= 4 is 5.91 Å². The van der Waals surface area contributed by atoms with Crippen LogP contribution in [0, 0.1) is 17.3 Å². The average Bonchev–Trinajstić information content (AvgIpc) is 2.89. The minimum atomic E-state index is -0.0605. The van der Waals surface area contributed by atoms with Gasteiger partial charge in [-0.15, -0.1) is 5.10 Å². The second-order valence-electron chi connectivity index (χ2n) is 6.36. The van der Waals surface area contributed by atoms with Crippen molar-refractivity contribution in [3.8, 4) is 0 Å². The Morgan fingerprint density at radius 1 is 1.50 bits per heavy atom. The molecule has 1 heterocycles. The predicted molar refractivity (Wildman–Crippen MR) is 76.7 cm³/mol. The third-order valence-electron chi connectivity index (χ3n) is 4.93. The van der Waals surface area contributed by atoms with Crippen molar-refractivity contribution in [1.29, 1.82) is 0 Å². The van der Waals surface area contributed by atoms with E-state index in [2.05, 4.69) is 36.4 Å². The van der Waals surface area contributed by atoms with E-state index in [1.54, 1.807) is 17.1 Å². The Labute approximate surface area is 120 Å². The van der Waals surface area contributed by atoms with Gasteiger partial charge in [0.1, 0.15) is 0 Å². The number of aromatic nitrogens is 3. The Bertz CT molecular complexity index is 442. The molecule has 0 aliphatic heterocycles. The summed E-state index contributed by atoms with van der Waals surface area (Å²) in [6.07, 6.45) is 5.21. The van der Waals surface area contributed by atoms with E-state index >= 15 is 0 Å². The first-order chi connectivity index (χ1) is 9.43. The number of rotatable bonds is 4. The van der Waals surface area contributed by atoms with Crippen LogP contribution in [0.25, 0.3) is 0 Å². The van der Waals surface area contributed by atoms with Gasteiger partial charge in [-0.25, -0.2) is 0 Å². The molecule has 1 fully saturated rings. The zero-order valence-electron chi connectivity index (χ0n) is 12.5. The van der Waals surface area contributed by atoms with Crippen LogP contribution in [-0.4, -0.2) is 33.5 Å². The topological polar surface area (TPSA) is 85.8 Å². The normalized spacial score (nSPS) is 29.1. The highest BCUT2D eigenvalue weighted by molar-refractivity contribution is 5.79. The number of nitrogens with zero attached hydrogens (tertiary/aromatic N) is 3. The molecule has 1 aromatic rings. The van der Waals surface area contributed by atoms with Crippen LogP contribution in [0.15, 0.2) is 12.4 Å². The molecule has 20 heavy (non-hydrogen) atoms. The standard InChI is InChI=1S/C14H25N5O/c1-10-12(15)5-4-11(14(10,2)3)13(20)16-6-8-19-9-7-17-18-19/h7,9-12H,4-6,8,15H2,1-3H3,(H,16,20). The monoisotopic (exact) mass is 279 g/mol. The number of hydrogen-bond donors (Lipinski definition) is 2. The highest BCUT2D eigenvalue weighted by Gasteiger charge is 2.44. The number of hydrogen-bond acceptors (Lipinski definition) is 4. The van der Waals surface area contributed by atoms with Crippen LogP contribution in [0.1, 0.15) is 33.6 Å². The molecule has 6 heteroatoms. The summed E-state index contributed by atoms with van der Waals surface area (Å²) in [5.74, 6) is 0.518. The van der Waals surface area contributed by atoms with Gasteiger partial charge in [0, 0.05) is 24.7 Å². The zero-order chi connectivity index (χ0) is 14.8. The van der Waals surface area contributed by atoms with E-state index in [-0.39, 0.29) is 23.3 Å². The Hall–Kier alpha value is -1.43. The molecule has 1 aromatic heterocycles. The van der Waals surface area contributed by atoms with E-state index in [0.29, 0.717) is 19.0 Å².